The van der Waals surface area contributed by atoms with Gasteiger partial charge in [0.05, 0.1) is 35.8 Å². The molecule has 2 fully saturated rings. The zero-order chi connectivity index (χ0) is 37.7. The number of aliphatic hydroxyl groups excluding tert-OH is 3. The van der Waals surface area contributed by atoms with Crippen molar-refractivity contribution in [3.8, 4) is 28.4 Å². The van der Waals surface area contributed by atoms with Gasteiger partial charge in [0.1, 0.15) is 35.5 Å². The van der Waals surface area contributed by atoms with Crippen LogP contribution in [0.1, 0.15) is 53.6 Å². The third kappa shape index (κ3) is 6.52. The highest BCUT2D eigenvalue weighted by Gasteiger charge is 2.48. The molecular formula is C37H39FN8O8. The molecule has 282 valence electrons. The molecule has 8 rings (SSSR count). The van der Waals surface area contributed by atoms with Crippen molar-refractivity contribution in [1.29, 1.82) is 0 Å². The standard InChI is InChI=1S/C37H39FN8O8/c1-2-18-13-27(53-37-32(49)30(47)31(48)33(54-37)36(51)52)22(38)14-21(18)19-6-7-20-24(12-19)43-44-29(20)34-41-23-8-11-46(17-26(23)42-34)35(50)25-15-40-28(16-39-25)45-9-4-3-5-10-45/h6-7,12-16,30-33,37,47-49H,2-5,8-11,17H2,1H3,(H,41,42)(H,43,44)(H,51,52)/t30-,31-,32+,33-,37+/m0/s1. The lowest BCUT2D eigenvalue weighted by Crippen LogP contribution is -2.61. The lowest BCUT2D eigenvalue weighted by Gasteiger charge is -2.38. The molecule has 0 spiro atoms. The number of hydrogen-bond donors (Lipinski definition) is 6. The van der Waals surface area contributed by atoms with Crippen LogP contribution in [0, 0.1) is 5.82 Å². The fourth-order valence-electron chi connectivity index (χ4n) is 7.35. The zero-order valence-electron chi connectivity index (χ0n) is 29.3. The predicted molar refractivity (Wildman–Crippen MR) is 190 cm³/mol. The summed E-state index contributed by atoms with van der Waals surface area (Å²) in [5.74, 6) is -1.56. The maximum atomic E-state index is 15.5. The third-order valence-corrected chi connectivity index (χ3v) is 10.3. The molecule has 0 saturated carbocycles. The number of aromatic amines is 2. The van der Waals surface area contributed by atoms with Crippen LogP contribution in [0.2, 0.25) is 0 Å². The number of benzene rings is 2. The Labute approximate surface area is 307 Å². The number of aliphatic hydroxyl groups is 3. The number of ether oxygens (including phenoxy) is 2. The van der Waals surface area contributed by atoms with Crippen LogP contribution in [-0.4, -0.2) is 118 Å². The molecular weight excluding hydrogens is 703 g/mol. The van der Waals surface area contributed by atoms with Gasteiger partial charge >= 0.3 is 5.97 Å². The maximum Gasteiger partial charge on any atom is 0.335 e. The highest BCUT2D eigenvalue weighted by molar-refractivity contribution is 5.94. The van der Waals surface area contributed by atoms with Gasteiger partial charge in [-0.25, -0.2) is 24.1 Å². The number of carbonyl (C=O) groups excluding carboxylic acids is 1. The van der Waals surface area contributed by atoms with E-state index in [1.54, 1.807) is 17.3 Å². The first-order valence-corrected chi connectivity index (χ1v) is 17.9. The van der Waals surface area contributed by atoms with Crippen LogP contribution in [0.15, 0.2) is 42.7 Å². The Kier molecular flexibility index (Phi) is 9.47. The Hall–Kier alpha value is -5.49. The highest BCUT2D eigenvalue weighted by atomic mass is 19.1. The van der Waals surface area contributed by atoms with Crippen molar-refractivity contribution >= 4 is 28.6 Å². The zero-order valence-corrected chi connectivity index (χ0v) is 29.3. The third-order valence-electron chi connectivity index (χ3n) is 10.3. The number of hydrogen-bond acceptors (Lipinski definition) is 12. The van der Waals surface area contributed by atoms with Crippen molar-refractivity contribution in [2.24, 2.45) is 0 Å². The number of rotatable bonds is 8. The van der Waals surface area contributed by atoms with E-state index in [1.807, 2.05) is 25.1 Å². The summed E-state index contributed by atoms with van der Waals surface area (Å²) in [5.41, 5.74) is 5.15. The molecule has 5 atom stereocenters. The summed E-state index contributed by atoms with van der Waals surface area (Å²) in [4.78, 5) is 45.9. The number of aryl methyl sites for hydroxylation is 1. The molecule has 16 nitrogen and oxygen atoms in total. The van der Waals surface area contributed by atoms with Gasteiger partial charge < -0.3 is 44.7 Å². The number of anilines is 1. The minimum atomic E-state index is -1.90. The van der Waals surface area contributed by atoms with Gasteiger partial charge in [0.25, 0.3) is 5.91 Å². The summed E-state index contributed by atoms with van der Waals surface area (Å²) in [5, 5.41) is 48.2. The molecule has 17 heteroatoms. The van der Waals surface area contributed by atoms with Crippen LogP contribution in [0.4, 0.5) is 10.2 Å². The molecule has 6 heterocycles. The van der Waals surface area contributed by atoms with Crippen molar-refractivity contribution < 1.29 is 43.9 Å². The smallest absolute Gasteiger partial charge is 0.335 e. The van der Waals surface area contributed by atoms with Crippen molar-refractivity contribution in [1.82, 2.24) is 35.0 Å². The maximum absolute atomic E-state index is 15.5. The number of carboxylic acid groups (broad SMARTS) is 1. The van der Waals surface area contributed by atoms with E-state index in [1.165, 1.54) is 18.6 Å². The van der Waals surface area contributed by atoms with Crippen LogP contribution < -0.4 is 9.64 Å². The van der Waals surface area contributed by atoms with Gasteiger partial charge in [-0.1, -0.05) is 13.0 Å². The molecule has 0 radical (unpaired) electrons. The second-order valence-corrected chi connectivity index (χ2v) is 13.8. The minimum Gasteiger partial charge on any atom is -0.479 e. The number of fused-ring (bicyclic) bond motifs is 2. The average molecular weight is 743 g/mol. The molecule has 6 N–H and O–H groups in total. The summed E-state index contributed by atoms with van der Waals surface area (Å²) >= 11 is 0. The number of aromatic nitrogens is 6. The van der Waals surface area contributed by atoms with Crippen LogP contribution in [-0.2, 0) is 28.9 Å². The molecule has 0 aliphatic carbocycles. The first-order valence-electron chi connectivity index (χ1n) is 17.9. The van der Waals surface area contributed by atoms with E-state index in [4.69, 9.17) is 14.5 Å². The Morgan fingerprint density at radius 2 is 1.83 bits per heavy atom. The number of nitrogens with one attached hydrogen (secondary N) is 2. The molecule has 3 aliphatic heterocycles. The van der Waals surface area contributed by atoms with Crippen LogP contribution >= 0.6 is 0 Å². The van der Waals surface area contributed by atoms with Crippen LogP contribution in [0.3, 0.4) is 0 Å². The van der Waals surface area contributed by atoms with E-state index in [-0.39, 0.29) is 11.7 Å². The first kappa shape index (κ1) is 35.5. The monoisotopic (exact) mass is 742 g/mol. The van der Waals surface area contributed by atoms with Crippen molar-refractivity contribution in [3.63, 3.8) is 0 Å². The lowest BCUT2D eigenvalue weighted by molar-refractivity contribution is -0.271. The second kappa shape index (κ2) is 14.4. The average Bonchev–Trinajstić information content (AvgIpc) is 3.82. The Morgan fingerprint density at radius 3 is 2.57 bits per heavy atom. The largest absolute Gasteiger partial charge is 0.479 e. The van der Waals surface area contributed by atoms with Crippen molar-refractivity contribution in [2.75, 3.05) is 24.5 Å². The van der Waals surface area contributed by atoms with E-state index in [0.29, 0.717) is 65.4 Å². The summed E-state index contributed by atoms with van der Waals surface area (Å²) in [6.45, 7) is 4.58. The van der Waals surface area contributed by atoms with Crippen LogP contribution in [0.25, 0.3) is 33.5 Å². The number of aliphatic carboxylic acids is 1. The van der Waals surface area contributed by atoms with Gasteiger partial charge in [0, 0.05) is 31.4 Å². The fourth-order valence-corrected chi connectivity index (χ4v) is 7.35. The number of nitrogens with zero attached hydrogens (tertiary/aromatic N) is 6. The summed E-state index contributed by atoms with van der Waals surface area (Å²) in [6, 6.07) is 8.23. The number of amides is 1. The van der Waals surface area contributed by atoms with Gasteiger partial charge in [-0.2, -0.15) is 5.10 Å². The first-order chi connectivity index (χ1) is 26.1. The molecule has 0 bridgehead atoms. The highest BCUT2D eigenvalue weighted by Crippen LogP contribution is 2.36. The summed E-state index contributed by atoms with van der Waals surface area (Å²) < 4.78 is 26.2. The van der Waals surface area contributed by atoms with Gasteiger partial charge in [-0.05, 0) is 66.6 Å². The number of H-pyrrole nitrogens is 2. The quantitative estimate of drug-likeness (QED) is 0.135. The number of halogens is 1. The molecule has 3 aromatic heterocycles. The number of carbonyl (C=O) groups is 2. The Balaban J connectivity index is 0.986. The Bertz CT molecular complexity index is 2200. The van der Waals surface area contributed by atoms with E-state index in [9.17, 15) is 30.0 Å². The molecule has 2 saturated heterocycles. The number of carboxylic acids is 1. The fraction of sp³-hybridized carbons (Fsp3) is 0.405. The molecule has 2 aromatic carbocycles. The predicted octanol–water partition coefficient (Wildman–Crippen LogP) is 2.57. The topological polar surface area (TPSA) is 223 Å². The number of piperidine rings is 1. The number of imidazole rings is 1. The minimum absolute atomic E-state index is 0.194. The van der Waals surface area contributed by atoms with E-state index >= 15 is 4.39 Å². The molecule has 3 aliphatic rings. The second-order valence-electron chi connectivity index (χ2n) is 13.8. The van der Waals surface area contributed by atoms with Gasteiger partial charge in [-0.3, -0.25) is 9.89 Å². The van der Waals surface area contributed by atoms with Crippen LogP contribution in [0.5, 0.6) is 5.75 Å². The van der Waals surface area contributed by atoms with E-state index in [2.05, 4.69) is 30.0 Å². The summed E-state index contributed by atoms with van der Waals surface area (Å²) in [6.07, 6.45) is -1.54. The SMILES string of the molecule is CCc1cc(O[C@@H]2O[C@H](C(=O)O)[C@@H](O)[C@H](O)[C@H]2O)c(F)cc1-c1ccc2c(-c3nc4c([nH]3)CN(C(=O)c3cnc(N5CCCCC5)cn3)CC4)n[nH]c2c1. The van der Waals surface area contributed by atoms with Gasteiger partial charge in [-0.15, -0.1) is 0 Å². The molecule has 1 amide bonds. The lowest BCUT2D eigenvalue weighted by atomic mass is 9.96. The molecule has 5 aromatic rings. The van der Waals surface area contributed by atoms with Crippen molar-refractivity contribution in [3.05, 3.63) is 71.2 Å². The van der Waals surface area contributed by atoms with Crippen molar-refractivity contribution in [2.45, 2.75) is 76.3 Å². The Morgan fingerprint density at radius 1 is 1.02 bits per heavy atom. The van der Waals surface area contributed by atoms with Gasteiger partial charge in [0.2, 0.25) is 6.29 Å². The normalized spacial score (nSPS) is 23.0. The van der Waals surface area contributed by atoms with E-state index in [0.717, 1.165) is 48.5 Å². The van der Waals surface area contributed by atoms with E-state index < -0.39 is 42.5 Å². The summed E-state index contributed by atoms with van der Waals surface area (Å²) in [7, 11) is 0. The molecule has 54 heavy (non-hydrogen) atoms. The molecule has 0 unspecified atom stereocenters. The van der Waals surface area contributed by atoms with Gasteiger partial charge in [0.15, 0.2) is 23.5 Å².